The van der Waals surface area contributed by atoms with Gasteiger partial charge in [-0.1, -0.05) is 0 Å². The van der Waals surface area contributed by atoms with Gasteiger partial charge in [-0.2, -0.15) is 10.3 Å². The summed E-state index contributed by atoms with van der Waals surface area (Å²) in [5, 5.41) is 10.3. The normalized spacial score (nSPS) is 11.3. The third-order valence-electron chi connectivity index (χ3n) is 2.09. The van der Waals surface area contributed by atoms with Crippen molar-refractivity contribution in [2.24, 2.45) is 0 Å². The minimum Gasteiger partial charge on any atom is -0.455 e. The molecule has 0 saturated carbocycles. The van der Waals surface area contributed by atoms with E-state index in [1.807, 2.05) is 0 Å². The molecule has 2 rings (SSSR count). The number of H-pyrrole nitrogens is 1. The van der Waals surface area contributed by atoms with Crippen molar-refractivity contribution in [3.8, 4) is 11.3 Å². The fraction of sp³-hybridized carbons (Fsp3) is 0.333. The number of aromatic nitrogens is 4. The van der Waals surface area contributed by atoms with Gasteiger partial charge in [0.05, 0.1) is 0 Å². The fourth-order valence-electron chi connectivity index (χ4n) is 1.41. The average Bonchev–Trinajstić information content (AvgIpc) is 2.76. The van der Waals surface area contributed by atoms with Crippen molar-refractivity contribution in [3.05, 3.63) is 30.2 Å². The van der Waals surface area contributed by atoms with Gasteiger partial charge in [0.15, 0.2) is 5.69 Å². The van der Waals surface area contributed by atoms with Gasteiger partial charge in [0.25, 0.3) is 0 Å². The topological polar surface area (TPSA) is 80.8 Å². The number of esters is 1. The van der Waals surface area contributed by atoms with Crippen molar-refractivity contribution in [2.45, 2.75) is 26.4 Å². The van der Waals surface area contributed by atoms with Gasteiger partial charge in [0, 0.05) is 18.0 Å². The van der Waals surface area contributed by atoms with E-state index >= 15 is 0 Å². The highest BCUT2D eigenvalue weighted by Crippen LogP contribution is 2.20. The Balaban J connectivity index is 2.32. The summed E-state index contributed by atoms with van der Waals surface area (Å²) in [6.07, 6.45) is 3.26. The number of carbonyl (C=O) groups excluding carboxylic acids is 1. The first-order valence-electron chi connectivity index (χ1n) is 5.52. The van der Waals surface area contributed by atoms with Gasteiger partial charge < -0.3 is 4.74 Å². The van der Waals surface area contributed by atoms with Crippen LogP contribution in [-0.4, -0.2) is 32.0 Å². The lowest BCUT2D eigenvalue weighted by molar-refractivity contribution is 0.00637. The number of ether oxygens (including phenoxy) is 1. The van der Waals surface area contributed by atoms with Crippen molar-refractivity contribution in [1.82, 2.24) is 20.4 Å². The van der Waals surface area contributed by atoms with Gasteiger partial charge >= 0.3 is 5.97 Å². The largest absolute Gasteiger partial charge is 0.455 e. The molecule has 0 aromatic carbocycles. The Labute approximate surface area is 104 Å². The van der Waals surface area contributed by atoms with Crippen molar-refractivity contribution in [3.63, 3.8) is 0 Å². The fourth-order valence-corrected chi connectivity index (χ4v) is 1.41. The summed E-state index contributed by atoms with van der Waals surface area (Å²) in [6.45, 7) is 5.41. The van der Waals surface area contributed by atoms with Gasteiger partial charge in [-0.05, 0) is 32.9 Å². The van der Waals surface area contributed by atoms with Crippen molar-refractivity contribution in [1.29, 1.82) is 0 Å². The van der Waals surface area contributed by atoms with Crippen LogP contribution in [0.3, 0.4) is 0 Å². The van der Waals surface area contributed by atoms with E-state index in [2.05, 4.69) is 20.4 Å². The predicted molar refractivity (Wildman–Crippen MR) is 64.8 cm³/mol. The van der Waals surface area contributed by atoms with Crippen LogP contribution < -0.4 is 0 Å². The molecule has 0 amide bonds. The Morgan fingerprint density at radius 1 is 1.22 bits per heavy atom. The molecule has 0 fully saturated rings. The standard InChI is InChI=1S/C12H14N4O2/c1-12(2,3)18-11(17)10-9(14-16-15-10)8-4-6-13-7-5-8/h4-7H,1-3H3,(H,14,15,16). The lowest BCUT2D eigenvalue weighted by Crippen LogP contribution is -2.24. The van der Waals surface area contributed by atoms with Crippen LogP contribution in [0.2, 0.25) is 0 Å². The van der Waals surface area contributed by atoms with Crippen molar-refractivity contribution < 1.29 is 9.53 Å². The lowest BCUT2D eigenvalue weighted by Gasteiger charge is -2.18. The zero-order valence-corrected chi connectivity index (χ0v) is 10.5. The molecule has 1 N–H and O–H groups in total. The molecule has 0 radical (unpaired) electrons. The third-order valence-corrected chi connectivity index (χ3v) is 2.09. The molecule has 2 aromatic rings. The SMILES string of the molecule is CC(C)(C)OC(=O)c1n[nH]nc1-c1ccncc1. The maximum atomic E-state index is 12.0. The molecule has 0 aliphatic heterocycles. The third kappa shape index (κ3) is 2.71. The molecule has 0 unspecified atom stereocenters. The first-order valence-corrected chi connectivity index (χ1v) is 5.52. The first-order chi connectivity index (χ1) is 8.47. The number of nitrogens with one attached hydrogen (secondary N) is 1. The monoisotopic (exact) mass is 246 g/mol. The highest BCUT2D eigenvalue weighted by Gasteiger charge is 2.24. The molecular formula is C12H14N4O2. The predicted octanol–water partition coefficient (Wildman–Crippen LogP) is 1.82. The number of aromatic amines is 1. The number of hydrogen-bond acceptors (Lipinski definition) is 5. The van der Waals surface area contributed by atoms with Crippen LogP contribution in [0.1, 0.15) is 31.3 Å². The zero-order chi connectivity index (χ0) is 13.2. The molecule has 94 valence electrons. The van der Waals surface area contributed by atoms with E-state index in [1.165, 1.54) is 0 Å². The smallest absolute Gasteiger partial charge is 0.361 e. The van der Waals surface area contributed by atoms with Crippen LogP contribution in [-0.2, 0) is 4.74 Å². The van der Waals surface area contributed by atoms with Crippen molar-refractivity contribution >= 4 is 5.97 Å². The number of pyridine rings is 1. The molecule has 0 bridgehead atoms. The Bertz CT molecular complexity index is 543. The molecule has 0 aliphatic rings. The molecular weight excluding hydrogens is 232 g/mol. The minimum absolute atomic E-state index is 0.177. The molecule has 6 heteroatoms. The van der Waals surface area contributed by atoms with E-state index in [0.717, 1.165) is 5.56 Å². The summed E-state index contributed by atoms with van der Waals surface area (Å²) < 4.78 is 5.27. The van der Waals surface area contributed by atoms with Gasteiger partial charge in [0.2, 0.25) is 0 Å². The second-order valence-corrected chi connectivity index (χ2v) is 4.76. The van der Waals surface area contributed by atoms with Crippen molar-refractivity contribution in [2.75, 3.05) is 0 Å². The van der Waals surface area contributed by atoms with E-state index in [-0.39, 0.29) is 5.69 Å². The Morgan fingerprint density at radius 3 is 2.50 bits per heavy atom. The summed E-state index contributed by atoms with van der Waals surface area (Å²) in [6, 6.07) is 3.51. The zero-order valence-electron chi connectivity index (χ0n) is 10.5. The van der Waals surface area contributed by atoms with Crippen LogP contribution in [0.4, 0.5) is 0 Å². The van der Waals surface area contributed by atoms with Crippen LogP contribution in [0.5, 0.6) is 0 Å². The summed E-state index contributed by atoms with van der Waals surface area (Å²) in [4.78, 5) is 15.9. The maximum Gasteiger partial charge on any atom is 0.361 e. The number of hydrogen-bond donors (Lipinski definition) is 1. The highest BCUT2D eigenvalue weighted by molar-refractivity contribution is 5.94. The molecule has 0 saturated heterocycles. The summed E-state index contributed by atoms with van der Waals surface area (Å²) in [5.41, 5.74) is 0.841. The lowest BCUT2D eigenvalue weighted by atomic mass is 10.1. The summed E-state index contributed by atoms with van der Waals surface area (Å²) >= 11 is 0. The number of nitrogens with zero attached hydrogens (tertiary/aromatic N) is 3. The summed E-state index contributed by atoms with van der Waals surface area (Å²) in [5.74, 6) is -0.497. The minimum atomic E-state index is -0.564. The summed E-state index contributed by atoms with van der Waals surface area (Å²) in [7, 11) is 0. The van der Waals surface area contributed by atoms with Gasteiger partial charge in [-0.3, -0.25) is 4.98 Å². The second kappa shape index (κ2) is 4.56. The number of carbonyl (C=O) groups is 1. The van der Waals surface area contributed by atoms with E-state index in [9.17, 15) is 4.79 Å². The second-order valence-electron chi connectivity index (χ2n) is 4.76. The molecule has 0 spiro atoms. The Kier molecular flexibility index (Phi) is 3.10. The van der Waals surface area contributed by atoms with Crippen LogP contribution in [0.15, 0.2) is 24.5 Å². The molecule has 2 aromatic heterocycles. The van der Waals surface area contributed by atoms with Crippen LogP contribution in [0, 0.1) is 0 Å². The Morgan fingerprint density at radius 2 is 1.89 bits per heavy atom. The number of rotatable bonds is 2. The van der Waals surface area contributed by atoms with Crippen LogP contribution >= 0.6 is 0 Å². The van der Waals surface area contributed by atoms with Gasteiger partial charge in [0.1, 0.15) is 11.3 Å². The Hall–Kier alpha value is -2.24. The van der Waals surface area contributed by atoms with E-state index in [4.69, 9.17) is 4.74 Å². The molecule has 2 heterocycles. The molecule has 0 atom stereocenters. The first kappa shape index (κ1) is 12.2. The quantitative estimate of drug-likeness (QED) is 0.817. The molecule has 6 nitrogen and oxygen atoms in total. The van der Waals surface area contributed by atoms with Gasteiger partial charge in [-0.15, -0.1) is 5.10 Å². The van der Waals surface area contributed by atoms with E-state index in [0.29, 0.717) is 5.69 Å². The molecule has 0 aliphatic carbocycles. The molecule has 18 heavy (non-hydrogen) atoms. The average molecular weight is 246 g/mol. The van der Waals surface area contributed by atoms with Crippen LogP contribution in [0.25, 0.3) is 11.3 Å². The van der Waals surface area contributed by atoms with E-state index in [1.54, 1.807) is 45.3 Å². The maximum absolute atomic E-state index is 12.0. The highest BCUT2D eigenvalue weighted by atomic mass is 16.6. The van der Waals surface area contributed by atoms with Gasteiger partial charge in [-0.25, -0.2) is 4.79 Å². The van der Waals surface area contributed by atoms with E-state index < -0.39 is 11.6 Å².